The predicted molar refractivity (Wildman–Crippen MR) is 107 cm³/mol. The summed E-state index contributed by atoms with van der Waals surface area (Å²) in [5, 5.41) is 1.56. The molecule has 0 fully saturated rings. The fourth-order valence-electron chi connectivity index (χ4n) is 3.69. The van der Waals surface area contributed by atoms with Crippen LogP contribution in [-0.2, 0) is 0 Å². The van der Waals surface area contributed by atoms with E-state index in [1.807, 2.05) is 0 Å². The van der Waals surface area contributed by atoms with Crippen molar-refractivity contribution in [3.63, 3.8) is 0 Å². The molecule has 0 aliphatic heterocycles. The van der Waals surface area contributed by atoms with Gasteiger partial charge in [-0.05, 0) is 47.5 Å². The van der Waals surface area contributed by atoms with E-state index in [0.29, 0.717) is 11.1 Å². The van der Waals surface area contributed by atoms with Crippen molar-refractivity contribution in [1.82, 2.24) is 4.98 Å². The second-order valence-electron chi connectivity index (χ2n) is 6.85. The van der Waals surface area contributed by atoms with Crippen LogP contribution in [0.2, 0.25) is 0 Å². The molecule has 5 aromatic rings. The number of benzene rings is 4. The molecule has 0 bridgehead atoms. The average molecular weight is 391 g/mol. The van der Waals surface area contributed by atoms with Gasteiger partial charge in [-0.15, -0.1) is 0 Å². The number of halogens is 4. The van der Waals surface area contributed by atoms with Gasteiger partial charge in [-0.1, -0.05) is 36.4 Å². The number of fused-ring (bicyclic) bond motifs is 3. The van der Waals surface area contributed by atoms with Crippen LogP contribution in [0.25, 0.3) is 44.1 Å². The summed E-state index contributed by atoms with van der Waals surface area (Å²) >= 11 is 0. The largest absolute Gasteiger partial charge is 0.355 e. The molecule has 0 radical (unpaired) electrons. The Labute approximate surface area is 163 Å². The maximum Gasteiger partial charge on any atom is 0.166 e. The molecule has 0 spiro atoms. The molecular formula is C24H13F4N. The maximum atomic E-state index is 14.2. The third-order valence-electron chi connectivity index (χ3n) is 5.12. The normalized spacial score (nSPS) is 11.4. The lowest BCUT2D eigenvalue weighted by atomic mass is 9.99. The van der Waals surface area contributed by atoms with E-state index in [0.717, 1.165) is 33.9 Å². The first-order chi connectivity index (χ1) is 14.0. The van der Waals surface area contributed by atoms with E-state index in [1.165, 1.54) is 24.3 Å². The average Bonchev–Trinajstić information content (AvgIpc) is 3.09. The monoisotopic (exact) mass is 391 g/mol. The van der Waals surface area contributed by atoms with Crippen LogP contribution in [0.1, 0.15) is 0 Å². The number of aromatic nitrogens is 1. The van der Waals surface area contributed by atoms with Crippen molar-refractivity contribution in [3.05, 3.63) is 96.1 Å². The lowest BCUT2D eigenvalue weighted by Gasteiger charge is -2.06. The Morgan fingerprint density at radius 2 is 0.966 bits per heavy atom. The Hall–Kier alpha value is -3.60. The summed E-state index contributed by atoms with van der Waals surface area (Å²) in [6, 6.07) is 18.6. The molecule has 0 amide bonds. The fraction of sp³-hybridized carbons (Fsp3) is 0. The number of rotatable bonds is 2. The molecule has 4 aromatic carbocycles. The molecule has 5 rings (SSSR count). The van der Waals surface area contributed by atoms with Crippen molar-refractivity contribution in [3.8, 4) is 22.3 Å². The second kappa shape index (κ2) is 6.48. The van der Waals surface area contributed by atoms with Crippen molar-refractivity contribution in [2.24, 2.45) is 0 Å². The van der Waals surface area contributed by atoms with Gasteiger partial charge in [0.2, 0.25) is 0 Å². The summed E-state index contributed by atoms with van der Waals surface area (Å²) in [6.07, 6.45) is 0. The van der Waals surface area contributed by atoms with Gasteiger partial charge in [0.25, 0.3) is 0 Å². The highest BCUT2D eigenvalue weighted by molar-refractivity contribution is 6.09. The zero-order valence-corrected chi connectivity index (χ0v) is 14.9. The van der Waals surface area contributed by atoms with Crippen LogP contribution >= 0.6 is 0 Å². The van der Waals surface area contributed by atoms with Gasteiger partial charge in [-0.3, -0.25) is 0 Å². The minimum absolute atomic E-state index is 0.161. The Balaban J connectivity index is 1.74. The van der Waals surface area contributed by atoms with Crippen molar-refractivity contribution in [1.29, 1.82) is 0 Å². The second-order valence-corrected chi connectivity index (χ2v) is 6.85. The van der Waals surface area contributed by atoms with Gasteiger partial charge >= 0.3 is 0 Å². The molecule has 5 heteroatoms. The van der Waals surface area contributed by atoms with Gasteiger partial charge < -0.3 is 4.98 Å². The van der Waals surface area contributed by atoms with E-state index in [2.05, 4.69) is 4.98 Å². The van der Waals surface area contributed by atoms with E-state index < -0.39 is 23.3 Å². The number of nitrogens with one attached hydrogen (secondary N) is 1. The van der Waals surface area contributed by atoms with Crippen LogP contribution in [0, 0.1) is 23.3 Å². The highest BCUT2D eigenvalue weighted by Gasteiger charge is 2.14. The molecular weight excluding hydrogens is 378 g/mol. The van der Waals surface area contributed by atoms with Crippen LogP contribution in [0.15, 0.2) is 72.8 Å². The van der Waals surface area contributed by atoms with Crippen molar-refractivity contribution in [2.75, 3.05) is 0 Å². The van der Waals surface area contributed by atoms with Gasteiger partial charge in [-0.2, -0.15) is 0 Å². The molecule has 0 unspecified atom stereocenters. The molecule has 1 nitrogen and oxygen atoms in total. The summed E-state index contributed by atoms with van der Waals surface area (Å²) < 4.78 is 55.7. The minimum Gasteiger partial charge on any atom is -0.355 e. The highest BCUT2D eigenvalue weighted by Crippen LogP contribution is 2.34. The topological polar surface area (TPSA) is 15.8 Å². The summed E-state index contributed by atoms with van der Waals surface area (Å²) in [7, 11) is 0. The van der Waals surface area contributed by atoms with Crippen LogP contribution in [0.3, 0.4) is 0 Å². The van der Waals surface area contributed by atoms with Crippen LogP contribution in [0.4, 0.5) is 17.6 Å². The molecule has 0 aliphatic carbocycles. The van der Waals surface area contributed by atoms with Crippen molar-refractivity contribution >= 4 is 21.8 Å². The number of aromatic amines is 1. The minimum atomic E-state index is -0.912. The van der Waals surface area contributed by atoms with Crippen LogP contribution in [0.5, 0.6) is 0 Å². The molecule has 29 heavy (non-hydrogen) atoms. The van der Waals surface area contributed by atoms with E-state index in [-0.39, 0.29) is 11.1 Å². The molecule has 0 aliphatic rings. The quantitative estimate of drug-likeness (QED) is 0.306. The van der Waals surface area contributed by atoms with E-state index >= 15 is 0 Å². The van der Waals surface area contributed by atoms with Crippen LogP contribution < -0.4 is 0 Å². The maximum absolute atomic E-state index is 14.2. The number of hydrogen-bond acceptors (Lipinski definition) is 0. The molecule has 0 saturated heterocycles. The molecule has 1 aromatic heterocycles. The third kappa shape index (κ3) is 2.78. The summed E-state index contributed by atoms with van der Waals surface area (Å²) in [6.45, 7) is 0. The lowest BCUT2D eigenvalue weighted by molar-refractivity contribution is 0.511. The Kier molecular flexibility index (Phi) is 3.91. The smallest absolute Gasteiger partial charge is 0.166 e. The van der Waals surface area contributed by atoms with Crippen molar-refractivity contribution in [2.45, 2.75) is 0 Å². The van der Waals surface area contributed by atoms with Gasteiger partial charge in [0.05, 0.1) is 0 Å². The number of hydrogen-bond donors (Lipinski definition) is 1. The van der Waals surface area contributed by atoms with Gasteiger partial charge in [0.15, 0.2) is 23.3 Å². The molecule has 0 atom stereocenters. The van der Waals surface area contributed by atoms with Crippen LogP contribution in [-0.4, -0.2) is 4.98 Å². The summed E-state index contributed by atoms with van der Waals surface area (Å²) in [5.74, 6) is -3.64. The van der Waals surface area contributed by atoms with Gasteiger partial charge in [0.1, 0.15) is 0 Å². The standard InChI is InChI=1S/C24H13F4N/c25-19-5-1-3-15(23(19)27)13-7-9-21-17(11-13)18-12-14(8-10-22(18)29-21)16-4-2-6-20(26)24(16)28/h1-12,29H. The lowest BCUT2D eigenvalue weighted by Crippen LogP contribution is -1.89. The number of H-pyrrole nitrogens is 1. The van der Waals surface area contributed by atoms with E-state index in [4.69, 9.17) is 0 Å². The molecule has 0 saturated carbocycles. The summed E-state index contributed by atoms with van der Waals surface area (Å²) in [4.78, 5) is 3.25. The fourth-order valence-corrected chi connectivity index (χ4v) is 3.69. The van der Waals surface area contributed by atoms with E-state index in [9.17, 15) is 17.6 Å². The molecule has 142 valence electrons. The Morgan fingerprint density at radius 1 is 0.517 bits per heavy atom. The zero-order valence-electron chi connectivity index (χ0n) is 14.9. The highest BCUT2D eigenvalue weighted by atomic mass is 19.2. The Bertz CT molecular complexity index is 1300. The SMILES string of the molecule is Fc1cccc(-c2ccc3[nH]c4ccc(-c5cccc(F)c5F)cc4c3c2)c1F. The van der Waals surface area contributed by atoms with E-state index in [1.54, 1.807) is 36.4 Å². The molecule has 1 heterocycles. The first-order valence-electron chi connectivity index (χ1n) is 8.97. The van der Waals surface area contributed by atoms with Gasteiger partial charge in [0, 0.05) is 32.9 Å². The van der Waals surface area contributed by atoms with Gasteiger partial charge in [-0.25, -0.2) is 17.6 Å². The Morgan fingerprint density at radius 3 is 1.41 bits per heavy atom. The van der Waals surface area contributed by atoms with Crippen molar-refractivity contribution < 1.29 is 17.6 Å². The molecule has 1 N–H and O–H groups in total. The first-order valence-corrected chi connectivity index (χ1v) is 8.97. The third-order valence-corrected chi connectivity index (χ3v) is 5.12. The predicted octanol–water partition coefficient (Wildman–Crippen LogP) is 7.21. The summed E-state index contributed by atoms with van der Waals surface area (Å²) in [5.41, 5.74) is 2.98. The zero-order chi connectivity index (χ0) is 20.1. The first kappa shape index (κ1) is 17.5.